The highest BCUT2D eigenvalue weighted by atomic mass is 127. The molecule has 0 nitrogen and oxygen atoms in total. The van der Waals surface area contributed by atoms with Crippen molar-refractivity contribution in [1.82, 2.24) is 0 Å². The van der Waals surface area contributed by atoms with Gasteiger partial charge in [0.05, 0.1) is 0 Å². The summed E-state index contributed by atoms with van der Waals surface area (Å²) < 4.78 is 0.616. The molecule has 0 aliphatic carbocycles. The molecule has 0 aliphatic heterocycles. The highest BCUT2D eigenvalue weighted by molar-refractivity contribution is 14.1. The lowest BCUT2D eigenvalue weighted by Crippen LogP contribution is -1.85. The number of hydrogen-bond donors (Lipinski definition) is 0. The van der Waals surface area contributed by atoms with Crippen LogP contribution in [0.3, 0.4) is 0 Å². The van der Waals surface area contributed by atoms with Gasteiger partial charge < -0.3 is 0 Å². The lowest BCUT2D eigenvalue weighted by molar-refractivity contribution is 0.928. The van der Waals surface area contributed by atoms with Crippen molar-refractivity contribution in [2.24, 2.45) is 0 Å². The van der Waals surface area contributed by atoms with Crippen molar-refractivity contribution >= 4 is 34.2 Å². The largest absolute Gasteiger partial charge is 0.0843 e. The smallest absolute Gasteiger partial charge is 0.0406 e. The monoisotopic (exact) mass is 280 g/mol. The third-order valence-corrected chi connectivity index (χ3v) is 3.44. The summed E-state index contributed by atoms with van der Waals surface area (Å²) in [7, 11) is 0. The zero-order valence-electron chi connectivity index (χ0n) is 6.35. The second kappa shape index (κ2) is 4.31. The van der Waals surface area contributed by atoms with Crippen molar-refractivity contribution in [3.05, 3.63) is 34.9 Å². The molecule has 0 aromatic heterocycles. The maximum atomic E-state index is 5.76. The molecule has 0 amide bonds. The maximum absolute atomic E-state index is 5.76. The Bertz CT molecular complexity index is 218. The van der Waals surface area contributed by atoms with Crippen LogP contribution in [0.5, 0.6) is 0 Å². The second-order valence-electron chi connectivity index (χ2n) is 2.43. The molecule has 1 rings (SSSR count). The van der Waals surface area contributed by atoms with E-state index in [-0.39, 0.29) is 0 Å². The van der Waals surface area contributed by atoms with Crippen LogP contribution in [-0.2, 0) is 0 Å². The van der Waals surface area contributed by atoms with E-state index in [9.17, 15) is 0 Å². The van der Waals surface area contributed by atoms with Crippen LogP contribution < -0.4 is 0 Å². The molecular formula is C9H10ClI. The standard InChI is InChI=1S/C9H10ClI/c1-2-9(11)7-3-5-8(10)6-4-7/h3-6,9H,2H2,1H3/t9-/m0/s1. The van der Waals surface area contributed by atoms with Crippen LogP contribution in [0.4, 0.5) is 0 Å². The number of halogens is 2. The van der Waals surface area contributed by atoms with Crippen molar-refractivity contribution in [2.45, 2.75) is 17.3 Å². The van der Waals surface area contributed by atoms with Crippen LogP contribution in [0.2, 0.25) is 5.02 Å². The fourth-order valence-corrected chi connectivity index (χ4v) is 1.45. The number of benzene rings is 1. The average molecular weight is 281 g/mol. The van der Waals surface area contributed by atoms with Gasteiger partial charge in [0.2, 0.25) is 0 Å². The van der Waals surface area contributed by atoms with Gasteiger partial charge in [-0.2, -0.15) is 0 Å². The molecule has 11 heavy (non-hydrogen) atoms. The van der Waals surface area contributed by atoms with Crippen molar-refractivity contribution in [1.29, 1.82) is 0 Å². The molecule has 2 heteroatoms. The van der Waals surface area contributed by atoms with Gasteiger partial charge >= 0.3 is 0 Å². The fourth-order valence-electron chi connectivity index (χ4n) is 0.907. The van der Waals surface area contributed by atoms with Crippen LogP contribution in [0.1, 0.15) is 22.8 Å². The molecule has 0 heterocycles. The first-order chi connectivity index (χ1) is 5.24. The summed E-state index contributed by atoms with van der Waals surface area (Å²) in [5, 5.41) is 0.813. The summed E-state index contributed by atoms with van der Waals surface area (Å²) in [5.41, 5.74) is 1.36. The van der Waals surface area contributed by atoms with E-state index in [0.29, 0.717) is 3.92 Å². The molecule has 1 aromatic carbocycles. The Morgan fingerprint density at radius 3 is 2.36 bits per heavy atom. The van der Waals surface area contributed by atoms with Crippen LogP contribution >= 0.6 is 34.2 Å². The normalized spacial score (nSPS) is 13.0. The van der Waals surface area contributed by atoms with Crippen molar-refractivity contribution in [3.63, 3.8) is 0 Å². The molecule has 0 N–H and O–H groups in total. The summed E-state index contributed by atoms with van der Waals surface area (Å²) in [6, 6.07) is 8.06. The lowest BCUT2D eigenvalue weighted by Gasteiger charge is -2.05. The summed E-state index contributed by atoms with van der Waals surface area (Å²) in [4.78, 5) is 0. The Balaban J connectivity index is 2.81. The molecule has 60 valence electrons. The first-order valence-corrected chi connectivity index (χ1v) is 5.26. The quantitative estimate of drug-likeness (QED) is 0.562. The minimum atomic E-state index is 0.616. The molecule has 0 aliphatic rings. The SMILES string of the molecule is CC[C@H](I)c1ccc(Cl)cc1. The van der Waals surface area contributed by atoms with Crippen LogP contribution in [0.15, 0.2) is 24.3 Å². The van der Waals surface area contributed by atoms with Crippen molar-refractivity contribution < 1.29 is 0 Å². The Kier molecular flexibility index (Phi) is 3.66. The molecule has 0 saturated heterocycles. The topological polar surface area (TPSA) is 0 Å². The van der Waals surface area contributed by atoms with Gasteiger partial charge in [-0.3, -0.25) is 0 Å². The predicted molar refractivity (Wildman–Crippen MR) is 58.5 cm³/mol. The van der Waals surface area contributed by atoms with Gasteiger partial charge in [-0.15, -0.1) is 0 Å². The number of alkyl halides is 1. The fraction of sp³-hybridized carbons (Fsp3) is 0.333. The second-order valence-corrected chi connectivity index (χ2v) is 4.37. The Morgan fingerprint density at radius 1 is 1.36 bits per heavy atom. The van der Waals surface area contributed by atoms with E-state index >= 15 is 0 Å². The molecule has 0 saturated carbocycles. The van der Waals surface area contributed by atoms with Gasteiger partial charge in [-0.25, -0.2) is 0 Å². The minimum absolute atomic E-state index is 0.616. The van der Waals surface area contributed by atoms with E-state index < -0.39 is 0 Å². The van der Waals surface area contributed by atoms with Crippen LogP contribution in [0, 0.1) is 0 Å². The lowest BCUT2D eigenvalue weighted by atomic mass is 10.1. The van der Waals surface area contributed by atoms with Gasteiger partial charge in [-0.1, -0.05) is 53.2 Å². The maximum Gasteiger partial charge on any atom is 0.0406 e. The van der Waals surface area contributed by atoms with E-state index in [4.69, 9.17) is 11.6 Å². The summed E-state index contributed by atoms with van der Waals surface area (Å²) in [6.07, 6.45) is 1.17. The predicted octanol–water partition coefficient (Wildman–Crippen LogP) is 4.23. The third kappa shape index (κ3) is 2.64. The van der Waals surface area contributed by atoms with Gasteiger partial charge in [0.1, 0.15) is 0 Å². The van der Waals surface area contributed by atoms with E-state index in [1.54, 1.807) is 0 Å². The molecule has 0 radical (unpaired) electrons. The average Bonchev–Trinajstić information content (AvgIpc) is 2.05. The Hall–Kier alpha value is 0.240. The van der Waals surface area contributed by atoms with E-state index in [2.05, 4.69) is 41.6 Å². The molecule has 0 fully saturated rings. The first-order valence-electron chi connectivity index (χ1n) is 3.63. The van der Waals surface area contributed by atoms with Gasteiger partial charge in [0, 0.05) is 8.95 Å². The summed E-state index contributed by atoms with van der Waals surface area (Å²) >= 11 is 8.20. The highest BCUT2D eigenvalue weighted by Crippen LogP contribution is 2.27. The van der Waals surface area contributed by atoms with Gasteiger partial charge in [0.15, 0.2) is 0 Å². The molecule has 1 aromatic rings. The minimum Gasteiger partial charge on any atom is -0.0843 e. The number of hydrogen-bond acceptors (Lipinski definition) is 0. The van der Waals surface area contributed by atoms with Crippen LogP contribution in [-0.4, -0.2) is 0 Å². The zero-order chi connectivity index (χ0) is 8.27. The first kappa shape index (κ1) is 9.33. The molecule has 0 unspecified atom stereocenters. The van der Waals surface area contributed by atoms with Crippen molar-refractivity contribution in [3.8, 4) is 0 Å². The summed E-state index contributed by atoms with van der Waals surface area (Å²) in [5.74, 6) is 0. The van der Waals surface area contributed by atoms with E-state index in [1.807, 2.05) is 12.1 Å². The van der Waals surface area contributed by atoms with Gasteiger partial charge in [0.25, 0.3) is 0 Å². The number of rotatable bonds is 2. The Morgan fingerprint density at radius 2 is 1.91 bits per heavy atom. The van der Waals surface area contributed by atoms with Crippen molar-refractivity contribution in [2.75, 3.05) is 0 Å². The third-order valence-electron chi connectivity index (χ3n) is 1.59. The van der Waals surface area contributed by atoms with Gasteiger partial charge in [-0.05, 0) is 24.1 Å². The summed E-state index contributed by atoms with van der Waals surface area (Å²) in [6.45, 7) is 2.19. The van der Waals surface area contributed by atoms with Crippen LogP contribution in [0.25, 0.3) is 0 Å². The van der Waals surface area contributed by atoms with E-state index in [1.165, 1.54) is 12.0 Å². The Labute approximate surface area is 86.1 Å². The molecule has 1 atom stereocenters. The zero-order valence-corrected chi connectivity index (χ0v) is 9.26. The molecule has 0 bridgehead atoms. The highest BCUT2D eigenvalue weighted by Gasteiger charge is 2.02. The molecule has 0 spiro atoms. The molecular weight excluding hydrogens is 270 g/mol. The van der Waals surface area contributed by atoms with E-state index in [0.717, 1.165) is 5.02 Å².